The smallest absolute Gasteiger partial charge is 0.295 e. The van der Waals surface area contributed by atoms with E-state index in [9.17, 15) is 19.7 Å². The first-order valence-electron chi connectivity index (χ1n) is 10.5. The second kappa shape index (κ2) is 9.78. The summed E-state index contributed by atoms with van der Waals surface area (Å²) in [4.78, 5) is 40.2. The molecule has 1 aliphatic rings. The summed E-state index contributed by atoms with van der Waals surface area (Å²) in [6.07, 6.45) is 7.79. The van der Waals surface area contributed by atoms with Crippen LogP contribution in [0.3, 0.4) is 0 Å². The molecule has 1 saturated carbocycles. The van der Waals surface area contributed by atoms with Crippen molar-refractivity contribution in [2.45, 2.75) is 38.1 Å². The van der Waals surface area contributed by atoms with E-state index in [4.69, 9.17) is 11.6 Å². The van der Waals surface area contributed by atoms with E-state index in [2.05, 4.69) is 20.7 Å². The highest BCUT2D eigenvalue weighted by Gasteiger charge is 2.21. The van der Waals surface area contributed by atoms with Crippen LogP contribution in [-0.2, 0) is 0 Å². The van der Waals surface area contributed by atoms with Gasteiger partial charge in [0, 0.05) is 23.4 Å². The molecule has 4 rings (SSSR count). The Morgan fingerprint density at radius 2 is 1.88 bits per heavy atom. The normalized spacial score (nSPS) is 14.0. The summed E-state index contributed by atoms with van der Waals surface area (Å²) in [5, 5.41) is 21.4. The molecule has 0 atom stereocenters. The first-order valence-corrected chi connectivity index (χ1v) is 10.9. The van der Waals surface area contributed by atoms with Gasteiger partial charge >= 0.3 is 0 Å². The number of carbonyl (C=O) groups excluding carboxylic acids is 2. The third-order valence-corrected chi connectivity index (χ3v) is 5.84. The minimum atomic E-state index is -0.593. The summed E-state index contributed by atoms with van der Waals surface area (Å²) >= 11 is 6.22. The Bertz CT molecular complexity index is 1190. The van der Waals surface area contributed by atoms with E-state index in [-0.39, 0.29) is 39.5 Å². The quantitative estimate of drug-likeness (QED) is 0.412. The van der Waals surface area contributed by atoms with Gasteiger partial charge in [0.1, 0.15) is 18.3 Å². The minimum absolute atomic E-state index is 0.0775. The third-order valence-electron chi connectivity index (χ3n) is 5.51. The number of halogens is 1. The highest BCUT2D eigenvalue weighted by molar-refractivity contribution is 6.34. The molecule has 1 aromatic heterocycles. The van der Waals surface area contributed by atoms with Crippen molar-refractivity contribution < 1.29 is 14.5 Å². The zero-order valence-corrected chi connectivity index (χ0v) is 18.3. The molecule has 11 heteroatoms. The van der Waals surface area contributed by atoms with E-state index in [1.54, 1.807) is 6.07 Å². The van der Waals surface area contributed by atoms with Crippen LogP contribution in [0.1, 0.15) is 52.8 Å². The molecule has 0 bridgehead atoms. The van der Waals surface area contributed by atoms with Crippen molar-refractivity contribution in [3.63, 3.8) is 0 Å². The monoisotopic (exact) mass is 468 g/mol. The van der Waals surface area contributed by atoms with E-state index in [0.29, 0.717) is 5.69 Å². The highest BCUT2D eigenvalue weighted by atomic mass is 35.5. The second-order valence-electron chi connectivity index (χ2n) is 7.76. The molecule has 1 aliphatic carbocycles. The Morgan fingerprint density at radius 1 is 1.09 bits per heavy atom. The van der Waals surface area contributed by atoms with Crippen LogP contribution in [0.25, 0.3) is 5.69 Å². The fraction of sp³-hybridized carbons (Fsp3) is 0.273. The summed E-state index contributed by atoms with van der Waals surface area (Å²) in [6.45, 7) is 0. The number of rotatable bonds is 6. The molecule has 1 heterocycles. The summed E-state index contributed by atoms with van der Waals surface area (Å²) in [7, 11) is 0. The molecule has 2 N–H and O–H groups in total. The van der Waals surface area contributed by atoms with Gasteiger partial charge in [0.2, 0.25) is 0 Å². The lowest BCUT2D eigenvalue weighted by atomic mass is 9.95. The first-order chi connectivity index (χ1) is 15.9. The average molecular weight is 469 g/mol. The van der Waals surface area contributed by atoms with Crippen molar-refractivity contribution >= 4 is 34.8 Å². The Labute approximate surface area is 194 Å². The van der Waals surface area contributed by atoms with Gasteiger partial charge in [0.05, 0.1) is 15.5 Å². The average Bonchev–Trinajstić information content (AvgIpc) is 3.35. The van der Waals surface area contributed by atoms with Gasteiger partial charge in [-0.1, -0.05) is 30.9 Å². The lowest BCUT2D eigenvalue weighted by Gasteiger charge is -2.23. The van der Waals surface area contributed by atoms with Crippen LogP contribution in [0.15, 0.2) is 49.1 Å². The summed E-state index contributed by atoms with van der Waals surface area (Å²) in [6, 6.07) is 8.75. The Hall–Kier alpha value is -3.79. The molecule has 33 heavy (non-hydrogen) atoms. The number of carbonyl (C=O) groups is 2. The molecule has 0 spiro atoms. The largest absolute Gasteiger partial charge is 0.349 e. The van der Waals surface area contributed by atoms with E-state index in [1.165, 1.54) is 54.1 Å². The first kappa shape index (κ1) is 22.4. The predicted molar refractivity (Wildman–Crippen MR) is 122 cm³/mol. The van der Waals surface area contributed by atoms with Gasteiger partial charge in [0.25, 0.3) is 17.5 Å². The van der Waals surface area contributed by atoms with Gasteiger partial charge in [-0.2, -0.15) is 5.10 Å². The van der Waals surface area contributed by atoms with E-state index >= 15 is 0 Å². The van der Waals surface area contributed by atoms with Gasteiger partial charge in [-0.25, -0.2) is 9.67 Å². The number of aromatic nitrogens is 3. The van der Waals surface area contributed by atoms with Gasteiger partial charge in [-0.15, -0.1) is 0 Å². The maximum Gasteiger partial charge on any atom is 0.295 e. The SMILES string of the molecule is O=C(Nc1ccc(Cl)c(C(=O)NC2CCCCC2)c1)c1ccc(-n2cncn2)c([N+](=O)[O-])c1. The third kappa shape index (κ3) is 5.17. The van der Waals surface area contributed by atoms with Gasteiger partial charge in [-0.05, 0) is 43.2 Å². The second-order valence-corrected chi connectivity index (χ2v) is 8.16. The number of anilines is 1. The van der Waals surface area contributed by atoms with Crippen molar-refractivity contribution in [3.05, 3.63) is 75.3 Å². The van der Waals surface area contributed by atoms with Crippen molar-refractivity contribution in [3.8, 4) is 5.69 Å². The van der Waals surface area contributed by atoms with Crippen LogP contribution < -0.4 is 10.6 Å². The lowest BCUT2D eigenvalue weighted by Crippen LogP contribution is -2.36. The minimum Gasteiger partial charge on any atom is -0.349 e. The van der Waals surface area contributed by atoms with Crippen LogP contribution in [0.5, 0.6) is 0 Å². The molecule has 3 aromatic rings. The van der Waals surface area contributed by atoms with E-state index in [0.717, 1.165) is 25.7 Å². The molecule has 0 saturated heterocycles. The Kier molecular flexibility index (Phi) is 6.64. The van der Waals surface area contributed by atoms with Crippen LogP contribution in [0.2, 0.25) is 5.02 Å². The Morgan fingerprint density at radius 3 is 2.58 bits per heavy atom. The van der Waals surface area contributed by atoms with Crippen LogP contribution in [0, 0.1) is 10.1 Å². The molecular formula is C22H21ClN6O4. The zero-order chi connectivity index (χ0) is 23.4. The summed E-state index contributed by atoms with van der Waals surface area (Å²) in [5.74, 6) is -0.861. The number of nitro groups is 1. The van der Waals surface area contributed by atoms with Gasteiger partial charge in [0.15, 0.2) is 0 Å². The molecule has 0 aliphatic heterocycles. The molecule has 2 amide bonds. The van der Waals surface area contributed by atoms with Gasteiger partial charge < -0.3 is 10.6 Å². The highest BCUT2D eigenvalue weighted by Crippen LogP contribution is 2.26. The molecule has 2 aromatic carbocycles. The van der Waals surface area contributed by atoms with Crippen molar-refractivity contribution in [2.24, 2.45) is 0 Å². The topological polar surface area (TPSA) is 132 Å². The van der Waals surface area contributed by atoms with Crippen LogP contribution >= 0.6 is 11.6 Å². The maximum absolute atomic E-state index is 12.8. The molecule has 0 radical (unpaired) electrons. The van der Waals surface area contributed by atoms with Gasteiger partial charge in [-0.3, -0.25) is 19.7 Å². The fourth-order valence-corrected chi connectivity index (χ4v) is 4.03. The number of nitrogens with zero attached hydrogens (tertiary/aromatic N) is 4. The van der Waals surface area contributed by atoms with Crippen molar-refractivity contribution in [1.82, 2.24) is 20.1 Å². The number of nitro benzene ring substituents is 1. The van der Waals surface area contributed by atoms with E-state index in [1.807, 2.05) is 0 Å². The molecule has 0 unspecified atom stereocenters. The molecule has 1 fully saturated rings. The number of amides is 2. The lowest BCUT2D eigenvalue weighted by molar-refractivity contribution is -0.384. The van der Waals surface area contributed by atoms with E-state index < -0.39 is 10.8 Å². The number of benzene rings is 2. The molecular weight excluding hydrogens is 448 g/mol. The Balaban J connectivity index is 1.52. The van der Waals surface area contributed by atoms with Crippen molar-refractivity contribution in [1.29, 1.82) is 0 Å². The fourth-order valence-electron chi connectivity index (χ4n) is 3.83. The van der Waals surface area contributed by atoms with Crippen molar-refractivity contribution in [2.75, 3.05) is 5.32 Å². The predicted octanol–water partition coefficient (Wildman–Crippen LogP) is 4.14. The summed E-state index contributed by atoms with van der Waals surface area (Å²) in [5.41, 5.74) is 0.571. The zero-order valence-electron chi connectivity index (χ0n) is 17.5. The van der Waals surface area contributed by atoms with Crippen LogP contribution in [-0.4, -0.2) is 37.5 Å². The number of hydrogen-bond donors (Lipinski definition) is 2. The molecule has 170 valence electrons. The number of hydrogen-bond acceptors (Lipinski definition) is 6. The standard InChI is InChI=1S/C22H21ClN6O4/c23-18-8-7-16(11-17(18)22(31)26-15-4-2-1-3-5-15)27-21(30)14-6-9-19(20(10-14)29(32)33)28-13-24-12-25-28/h6-13,15H,1-5H2,(H,26,31)(H,27,30). The summed E-state index contributed by atoms with van der Waals surface area (Å²) < 4.78 is 1.25. The number of nitrogens with one attached hydrogen (secondary N) is 2. The molecule has 10 nitrogen and oxygen atoms in total. The maximum atomic E-state index is 12.8. The van der Waals surface area contributed by atoms with Crippen LogP contribution in [0.4, 0.5) is 11.4 Å².